The molecule has 0 saturated heterocycles. The van der Waals surface area contributed by atoms with Crippen molar-refractivity contribution < 1.29 is 32.8 Å². The summed E-state index contributed by atoms with van der Waals surface area (Å²) in [6.07, 6.45) is 56.1. The molecule has 0 saturated carbocycles. The third kappa shape index (κ3) is 47.6. The zero-order chi connectivity index (χ0) is 43.0. The highest BCUT2D eigenvalue weighted by Crippen LogP contribution is 2.43. The van der Waals surface area contributed by atoms with Crippen LogP contribution in [0, 0.1) is 0 Å². The normalized spacial score (nSPS) is 13.6. The molecule has 0 radical (unpaired) electrons. The molecule has 0 aromatic rings. The Bertz CT molecular complexity index is 1000. The standard InChI is InChI=1S/C50H96NO7P/c1-3-5-7-9-11-13-15-17-19-21-23-24-25-26-27-29-31-33-35-37-39-41-43-50(52)58-49(48-57-59(53,54)56-46-44-51)47-55-45-42-40-38-36-34-32-30-28-22-20-18-16-14-12-10-8-6-4-2/h6,8,12,14,18,20,49H,3-5,7,9-11,13,15-17,19,21-48,51H2,1-2H3,(H,53,54)/b8-6-,14-12-,20-18-. The van der Waals surface area contributed by atoms with Gasteiger partial charge in [-0.25, -0.2) is 4.57 Å². The van der Waals surface area contributed by atoms with Crippen molar-refractivity contribution in [3.63, 3.8) is 0 Å². The topological polar surface area (TPSA) is 117 Å². The maximum absolute atomic E-state index is 12.6. The van der Waals surface area contributed by atoms with Gasteiger partial charge in [0, 0.05) is 19.6 Å². The molecule has 2 atom stereocenters. The number of unbranched alkanes of at least 4 members (excludes halogenated alkanes) is 29. The Morgan fingerprint density at radius 1 is 0.525 bits per heavy atom. The monoisotopic (exact) mass is 854 g/mol. The first-order valence-corrected chi connectivity index (χ1v) is 26.5. The van der Waals surface area contributed by atoms with Gasteiger partial charge in [-0.15, -0.1) is 0 Å². The fraction of sp³-hybridized carbons (Fsp3) is 0.860. The van der Waals surface area contributed by atoms with Crippen LogP contribution in [0.2, 0.25) is 0 Å². The summed E-state index contributed by atoms with van der Waals surface area (Å²) in [4.78, 5) is 22.6. The van der Waals surface area contributed by atoms with Crippen molar-refractivity contribution in [1.82, 2.24) is 0 Å². The number of carbonyl (C=O) groups is 1. The van der Waals surface area contributed by atoms with Gasteiger partial charge in [0.15, 0.2) is 0 Å². The average Bonchev–Trinajstić information content (AvgIpc) is 3.23. The van der Waals surface area contributed by atoms with Gasteiger partial charge < -0.3 is 20.1 Å². The van der Waals surface area contributed by atoms with Crippen LogP contribution in [0.15, 0.2) is 36.5 Å². The third-order valence-electron chi connectivity index (χ3n) is 10.8. The van der Waals surface area contributed by atoms with E-state index in [2.05, 4.69) is 50.3 Å². The highest BCUT2D eigenvalue weighted by atomic mass is 31.2. The maximum atomic E-state index is 12.6. The Morgan fingerprint density at radius 2 is 0.949 bits per heavy atom. The van der Waals surface area contributed by atoms with Crippen LogP contribution < -0.4 is 5.73 Å². The molecule has 0 aliphatic heterocycles. The smallest absolute Gasteiger partial charge is 0.457 e. The summed E-state index contributed by atoms with van der Waals surface area (Å²) in [6, 6.07) is 0. The Hall–Kier alpha value is -1.28. The predicted octanol–water partition coefficient (Wildman–Crippen LogP) is 15.4. The predicted molar refractivity (Wildman–Crippen MR) is 252 cm³/mol. The second-order valence-electron chi connectivity index (χ2n) is 16.7. The van der Waals surface area contributed by atoms with E-state index in [-0.39, 0.29) is 32.3 Å². The Labute approximate surface area is 365 Å². The maximum Gasteiger partial charge on any atom is 0.472 e. The van der Waals surface area contributed by atoms with E-state index in [9.17, 15) is 14.3 Å². The van der Waals surface area contributed by atoms with E-state index < -0.39 is 13.9 Å². The van der Waals surface area contributed by atoms with Crippen LogP contribution in [-0.2, 0) is 27.9 Å². The SMILES string of the molecule is CC/C=C\C/C=C\C/C=C\CCCCCCCCCCOCC(COP(=O)(O)OCCN)OC(=O)CCCCCCCCCCCCCCCCCCCCCCCC. The van der Waals surface area contributed by atoms with Crippen LogP contribution in [0.1, 0.15) is 239 Å². The van der Waals surface area contributed by atoms with Crippen LogP contribution in [0.25, 0.3) is 0 Å². The van der Waals surface area contributed by atoms with Crippen LogP contribution in [0.3, 0.4) is 0 Å². The summed E-state index contributed by atoms with van der Waals surface area (Å²) >= 11 is 0. The molecule has 0 rings (SSSR count). The molecule has 0 bridgehead atoms. The largest absolute Gasteiger partial charge is 0.472 e. The number of hydrogen-bond acceptors (Lipinski definition) is 7. The van der Waals surface area contributed by atoms with Gasteiger partial charge in [0.2, 0.25) is 0 Å². The fourth-order valence-corrected chi connectivity index (χ4v) is 7.96. The second-order valence-corrected chi connectivity index (χ2v) is 18.1. The van der Waals surface area contributed by atoms with Crippen LogP contribution in [-0.4, -0.2) is 49.9 Å². The van der Waals surface area contributed by atoms with Gasteiger partial charge in [-0.05, 0) is 44.9 Å². The number of carbonyl (C=O) groups excluding carboxylic acids is 1. The van der Waals surface area contributed by atoms with Crippen molar-refractivity contribution in [3.8, 4) is 0 Å². The first-order chi connectivity index (χ1) is 28.9. The second kappa shape index (κ2) is 47.8. The van der Waals surface area contributed by atoms with E-state index in [1.54, 1.807) is 0 Å². The molecule has 348 valence electrons. The van der Waals surface area contributed by atoms with Crippen molar-refractivity contribution in [2.45, 2.75) is 245 Å². The average molecular weight is 854 g/mol. The van der Waals surface area contributed by atoms with E-state index in [0.717, 1.165) is 51.4 Å². The number of hydrogen-bond donors (Lipinski definition) is 2. The molecule has 0 aromatic heterocycles. The lowest BCUT2D eigenvalue weighted by Gasteiger charge is -2.20. The number of phosphoric ester groups is 1. The summed E-state index contributed by atoms with van der Waals surface area (Å²) < 4.78 is 33.6. The molecule has 0 amide bonds. The lowest BCUT2D eigenvalue weighted by Crippen LogP contribution is -2.28. The lowest BCUT2D eigenvalue weighted by atomic mass is 10.0. The number of nitrogens with two attached hydrogens (primary N) is 1. The number of phosphoric acid groups is 1. The summed E-state index contributed by atoms with van der Waals surface area (Å²) in [7, 11) is -4.28. The van der Waals surface area contributed by atoms with Gasteiger partial charge >= 0.3 is 13.8 Å². The van der Waals surface area contributed by atoms with Crippen molar-refractivity contribution in [3.05, 3.63) is 36.5 Å². The number of rotatable bonds is 48. The van der Waals surface area contributed by atoms with E-state index >= 15 is 0 Å². The molecular formula is C50H96NO7P. The summed E-state index contributed by atoms with van der Waals surface area (Å²) in [5.74, 6) is -0.328. The van der Waals surface area contributed by atoms with E-state index in [0.29, 0.717) is 13.0 Å². The van der Waals surface area contributed by atoms with Gasteiger partial charge in [-0.1, -0.05) is 224 Å². The van der Waals surface area contributed by atoms with Gasteiger partial charge in [-0.2, -0.15) is 0 Å². The molecule has 0 spiro atoms. The zero-order valence-electron chi connectivity index (χ0n) is 38.7. The molecule has 59 heavy (non-hydrogen) atoms. The minimum Gasteiger partial charge on any atom is -0.457 e. The Kier molecular flexibility index (Phi) is 46.7. The third-order valence-corrected chi connectivity index (χ3v) is 11.8. The van der Waals surface area contributed by atoms with Crippen LogP contribution in [0.4, 0.5) is 0 Å². The fourth-order valence-electron chi connectivity index (χ4n) is 7.19. The molecule has 0 fully saturated rings. The number of ether oxygens (including phenoxy) is 2. The van der Waals surface area contributed by atoms with Crippen molar-refractivity contribution >= 4 is 13.8 Å². The quantitative estimate of drug-likeness (QED) is 0.0269. The van der Waals surface area contributed by atoms with E-state index in [4.69, 9.17) is 24.3 Å². The van der Waals surface area contributed by atoms with Gasteiger partial charge in [0.1, 0.15) is 6.10 Å². The lowest BCUT2D eigenvalue weighted by molar-refractivity contribution is -0.154. The van der Waals surface area contributed by atoms with Gasteiger partial charge in [0.05, 0.1) is 19.8 Å². The summed E-state index contributed by atoms with van der Waals surface area (Å²) in [5.41, 5.74) is 5.39. The molecule has 0 aromatic carbocycles. The molecular weight excluding hydrogens is 758 g/mol. The number of allylic oxidation sites excluding steroid dienone is 6. The van der Waals surface area contributed by atoms with E-state index in [1.807, 2.05) is 0 Å². The molecule has 9 heteroatoms. The minimum atomic E-state index is -4.28. The molecule has 0 aliphatic rings. The van der Waals surface area contributed by atoms with Crippen molar-refractivity contribution in [2.24, 2.45) is 5.73 Å². The van der Waals surface area contributed by atoms with Crippen LogP contribution in [0.5, 0.6) is 0 Å². The van der Waals surface area contributed by atoms with Crippen LogP contribution >= 0.6 is 7.82 Å². The highest BCUT2D eigenvalue weighted by Gasteiger charge is 2.25. The van der Waals surface area contributed by atoms with Gasteiger partial charge in [-0.3, -0.25) is 13.8 Å². The molecule has 8 nitrogen and oxygen atoms in total. The van der Waals surface area contributed by atoms with Gasteiger partial charge in [0.25, 0.3) is 0 Å². The summed E-state index contributed by atoms with van der Waals surface area (Å²) in [5, 5.41) is 0. The summed E-state index contributed by atoms with van der Waals surface area (Å²) in [6.45, 7) is 4.84. The first-order valence-electron chi connectivity index (χ1n) is 25.0. The molecule has 2 unspecified atom stereocenters. The Balaban J connectivity index is 3.92. The Morgan fingerprint density at radius 3 is 1.42 bits per heavy atom. The van der Waals surface area contributed by atoms with Crippen molar-refractivity contribution in [2.75, 3.05) is 33.0 Å². The van der Waals surface area contributed by atoms with E-state index in [1.165, 1.54) is 167 Å². The number of esters is 1. The van der Waals surface area contributed by atoms with Crippen molar-refractivity contribution in [1.29, 1.82) is 0 Å². The zero-order valence-corrected chi connectivity index (χ0v) is 39.6. The molecule has 0 aliphatic carbocycles. The minimum absolute atomic E-state index is 0.0958. The first kappa shape index (κ1) is 57.7. The highest BCUT2D eigenvalue weighted by molar-refractivity contribution is 7.47. The molecule has 3 N–H and O–H groups in total. The molecule has 0 heterocycles.